The van der Waals surface area contributed by atoms with Crippen LogP contribution >= 0.6 is 0 Å². The van der Waals surface area contributed by atoms with Crippen LogP contribution in [0.25, 0.3) is 10.9 Å². The molecule has 5 nitrogen and oxygen atoms in total. The van der Waals surface area contributed by atoms with Gasteiger partial charge < -0.3 is 19.8 Å². The molecule has 0 radical (unpaired) electrons. The largest absolute Gasteiger partial charge is 0.454 e. The minimum atomic E-state index is -0.474. The molecule has 2 aliphatic rings. The monoisotopic (exact) mass is 418 g/mol. The van der Waals surface area contributed by atoms with E-state index < -0.39 is 5.41 Å². The van der Waals surface area contributed by atoms with Crippen LogP contribution in [0.1, 0.15) is 58.2 Å². The summed E-state index contributed by atoms with van der Waals surface area (Å²) in [4.78, 5) is 16.8. The maximum absolute atomic E-state index is 13.2. The Morgan fingerprint density at radius 3 is 2.61 bits per heavy atom. The van der Waals surface area contributed by atoms with E-state index in [4.69, 9.17) is 9.47 Å². The van der Waals surface area contributed by atoms with Crippen molar-refractivity contribution in [2.45, 2.75) is 57.8 Å². The van der Waals surface area contributed by atoms with Crippen LogP contribution in [0.2, 0.25) is 0 Å². The van der Waals surface area contributed by atoms with Crippen molar-refractivity contribution >= 4 is 22.5 Å². The van der Waals surface area contributed by atoms with Crippen LogP contribution in [0, 0.1) is 5.92 Å². The van der Waals surface area contributed by atoms with Gasteiger partial charge in [-0.05, 0) is 67.1 Å². The quantitative estimate of drug-likeness (QED) is 0.525. The highest BCUT2D eigenvalue weighted by atomic mass is 16.7. The molecule has 1 aliphatic heterocycles. The van der Waals surface area contributed by atoms with Crippen LogP contribution in [0.5, 0.6) is 11.5 Å². The highest BCUT2D eigenvalue weighted by molar-refractivity contribution is 6.02. The van der Waals surface area contributed by atoms with Gasteiger partial charge in [0.25, 0.3) is 0 Å². The summed E-state index contributed by atoms with van der Waals surface area (Å²) in [7, 11) is 0. The average molecular weight is 419 g/mol. The molecule has 1 aromatic heterocycles. The van der Waals surface area contributed by atoms with Gasteiger partial charge in [-0.3, -0.25) is 4.79 Å². The van der Waals surface area contributed by atoms with Crippen LogP contribution in [-0.4, -0.2) is 17.7 Å². The van der Waals surface area contributed by atoms with E-state index in [9.17, 15) is 4.79 Å². The zero-order valence-electron chi connectivity index (χ0n) is 18.7. The van der Waals surface area contributed by atoms with E-state index in [1.54, 1.807) is 0 Å². The molecule has 1 saturated carbocycles. The van der Waals surface area contributed by atoms with Crippen molar-refractivity contribution < 1.29 is 14.3 Å². The fraction of sp³-hybridized carbons (Fsp3) is 0.423. The number of H-pyrrole nitrogens is 1. The first-order chi connectivity index (χ1) is 14.8. The Balaban J connectivity index is 1.37. The third-order valence-electron chi connectivity index (χ3n) is 6.64. The van der Waals surface area contributed by atoms with Gasteiger partial charge in [-0.1, -0.05) is 33.8 Å². The molecule has 3 aromatic rings. The molecule has 31 heavy (non-hydrogen) atoms. The molecule has 0 bridgehead atoms. The lowest BCUT2D eigenvalue weighted by molar-refractivity contribution is -0.118. The third-order valence-corrected chi connectivity index (χ3v) is 6.64. The second kappa shape index (κ2) is 7.04. The van der Waals surface area contributed by atoms with Crippen molar-refractivity contribution in [1.82, 2.24) is 4.98 Å². The topological polar surface area (TPSA) is 63.4 Å². The van der Waals surface area contributed by atoms with E-state index in [1.165, 1.54) is 5.69 Å². The fourth-order valence-corrected chi connectivity index (χ4v) is 4.92. The molecule has 2 N–H and O–H groups in total. The Hall–Kier alpha value is -2.95. The van der Waals surface area contributed by atoms with Gasteiger partial charge in [-0.2, -0.15) is 0 Å². The Morgan fingerprint density at radius 2 is 1.87 bits per heavy atom. The van der Waals surface area contributed by atoms with Crippen LogP contribution in [-0.2, 0) is 15.6 Å². The number of anilines is 1. The van der Waals surface area contributed by atoms with Crippen LogP contribution < -0.4 is 14.8 Å². The van der Waals surface area contributed by atoms with E-state index in [2.05, 4.69) is 56.2 Å². The minimum Gasteiger partial charge on any atom is -0.454 e. The Labute approximate surface area is 183 Å². The van der Waals surface area contributed by atoms with Gasteiger partial charge in [0.15, 0.2) is 11.5 Å². The number of aromatic nitrogens is 1. The number of ether oxygens (including phenoxy) is 2. The zero-order valence-corrected chi connectivity index (χ0v) is 18.7. The Kier molecular flexibility index (Phi) is 4.54. The highest BCUT2D eigenvalue weighted by Gasteiger charge is 2.51. The summed E-state index contributed by atoms with van der Waals surface area (Å²) in [5.41, 5.74) is 3.76. The Morgan fingerprint density at radius 1 is 1.10 bits per heavy atom. The molecule has 0 unspecified atom stereocenters. The molecular weight excluding hydrogens is 388 g/mol. The first-order valence-electron chi connectivity index (χ1n) is 11.1. The number of amides is 1. The predicted molar refractivity (Wildman–Crippen MR) is 123 cm³/mol. The summed E-state index contributed by atoms with van der Waals surface area (Å²) in [5.74, 6) is 2.14. The molecule has 2 aromatic carbocycles. The molecule has 1 amide bonds. The molecule has 5 rings (SSSR count). The van der Waals surface area contributed by atoms with Gasteiger partial charge in [-0.25, -0.2) is 0 Å². The highest BCUT2D eigenvalue weighted by Crippen LogP contribution is 2.51. The van der Waals surface area contributed by atoms with Gasteiger partial charge in [0, 0.05) is 27.7 Å². The third kappa shape index (κ3) is 3.56. The maximum Gasteiger partial charge on any atom is 0.235 e. The lowest BCUT2D eigenvalue weighted by Gasteiger charge is -2.25. The first-order valence-corrected chi connectivity index (χ1v) is 11.1. The van der Waals surface area contributed by atoms with Crippen molar-refractivity contribution in [2.24, 2.45) is 5.92 Å². The van der Waals surface area contributed by atoms with Crippen molar-refractivity contribution in [2.75, 3.05) is 12.1 Å². The normalized spacial score (nSPS) is 16.7. The lowest BCUT2D eigenvalue weighted by atomic mass is 9.81. The van der Waals surface area contributed by atoms with E-state index in [-0.39, 0.29) is 18.1 Å². The number of rotatable bonds is 6. The molecule has 0 atom stereocenters. The number of carbonyl (C=O) groups excluding carboxylic acids is 1. The second-order valence-corrected chi connectivity index (χ2v) is 10.1. The Bertz CT molecular complexity index is 1150. The number of carbonyl (C=O) groups is 1. The van der Waals surface area contributed by atoms with Gasteiger partial charge in [-0.15, -0.1) is 0 Å². The maximum atomic E-state index is 13.2. The summed E-state index contributed by atoms with van der Waals surface area (Å²) in [6, 6.07) is 14.2. The van der Waals surface area contributed by atoms with Crippen molar-refractivity contribution in [3.05, 3.63) is 53.7 Å². The number of aromatic amines is 1. The number of hydrogen-bond donors (Lipinski definition) is 2. The van der Waals surface area contributed by atoms with Crippen molar-refractivity contribution in [3.8, 4) is 11.5 Å². The summed E-state index contributed by atoms with van der Waals surface area (Å²) >= 11 is 0. The smallest absolute Gasteiger partial charge is 0.235 e. The van der Waals surface area contributed by atoms with E-state index >= 15 is 0 Å². The van der Waals surface area contributed by atoms with Crippen molar-refractivity contribution in [1.29, 1.82) is 0 Å². The summed E-state index contributed by atoms with van der Waals surface area (Å²) in [5, 5.41) is 4.28. The van der Waals surface area contributed by atoms with Gasteiger partial charge in [0.2, 0.25) is 12.7 Å². The number of nitrogens with one attached hydrogen (secondary N) is 2. The number of fused-ring (bicyclic) bond motifs is 2. The first kappa shape index (κ1) is 20.0. The summed E-state index contributed by atoms with van der Waals surface area (Å²) in [6.07, 6.45) is 2.80. The minimum absolute atomic E-state index is 0.0432. The molecule has 2 heterocycles. The molecule has 0 spiro atoms. The zero-order chi connectivity index (χ0) is 21.8. The average Bonchev–Trinajstić information content (AvgIpc) is 3.19. The lowest BCUT2D eigenvalue weighted by Crippen LogP contribution is -2.27. The molecule has 1 aliphatic carbocycles. The van der Waals surface area contributed by atoms with Crippen LogP contribution in [0.4, 0.5) is 5.69 Å². The van der Waals surface area contributed by atoms with E-state index in [0.29, 0.717) is 5.92 Å². The molecule has 5 heteroatoms. The van der Waals surface area contributed by atoms with Crippen LogP contribution in [0.15, 0.2) is 42.5 Å². The fourth-order valence-electron chi connectivity index (χ4n) is 4.92. The van der Waals surface area contributed by atoms with Crippen molar-refractivity contribution in [3.63, 3.8) is 0 Å². The second-order valence-electron chi connectivity index (χ2n) is 10.1. The molecule has 0 saturated heterocycles. The van der Waals surface area contributed by atoms with Gasteiger partial charge >= 0.3 is 0 Å². The summed E-state index contributed by atoms with van der Waals surface area (Å²) < 4.78 is 10.9. The van der Waals surface area contributed by atoms with Gasteiger partial charge in [0.1, 0.15) is 0 Å². The molecule has 1 fully saturated rings. The van der Waals surface area contributed by atoms with Crippen LogP contribution in [0.3, 0.4) is 0 Å². The van der Waals surface area contributed by atoms with E-state index in [1.807, 2.05) is 24.3 Å². The predicted octanol–water partition coefficient (Wildman–Crippen LogP) is 5.89. The molecular formula is C26H30N2O3. The standard InChI is InChI=1S/C26H30N2O3/c1-16(2)14-25(3,4)23-12-17-11-19(6-7-20(17)28-23)27-24(29)26(9-10-26)18-5-8-21-22(13-18)31-15-30-21/h5-8,11-13,16,28H,9-10,14-15H2,1-4H3,(H,27,29). The number of hydrogen-bond acceptors (Lipinski definition) is 3. The number of benzene rings is 2. The SMILES string of the molecule is CC(C)CC(C)(C)c1cc2cc(NC(=O)C3(c4ccc5c(c4)OCO5)CC3)ccc2[nH]1. The molecule has 162 valence electrons. The summed E-state index contributed by atoms with van der Waals surface area (Å²) in [6.45, 7) is 9.31. The van der Waals surface area contributed by atoms with Gasteiger partial charge in [0.05, 0.1) is 5.41 Å². The van der Waals surface area contributed by atoms with E-state index in [0.717, 1.165) is 52.9 Å².